The molecule has 0 saturated heterocycles. The predicted molar refractivity (Wildman–Crippen MR) is 52.7 cm³/mol. The van der Waals surface area contributed by atoms with Gasteiger partial charge in [-0.15, -0.1) is 0 Å². The van der Waals surface area contributed by atoms with Gasteiger partial charge in [-0.3, -0.25) is 0 Å². The van der Waals surface area contributed by atoms with E-state index in [0.29, 0.717) is 12.6 Å². The van der Waals surface area contributed by atoms with Crippen molar-refractivity contribution < 1.29 is 9.84 Å². The Hall–Kier alpha value is -0.120. The summed E-state index contributed by atoms with van der Waals surface area (Å²) in [5.74, 6) is 0.804. The van der Waals surface area contributed by atoms with Crippen molar-refractivity contribution in [1.29, 1.82) is 0 Å². The maximum absolute atomic E-state index is 9.01. The first kappa shape index (κ1) is 11.0. The molecular formula is C10H21NO2. The van der Waals surface area contributed by atoms with E-state index >= 15 is 0 Å². The van der Waals surface area contributed by atoms with Crippen LogP contribution in [0.4, 0.5) is 0 Å². The molecule has 13 heavy (non-hydrogen) atoms. The lowest BCUT2D eigenvalue weighted by atomic mass is 10.3. The number of ether oxygens (including phenoxy) is 1. The van der Waals surface area contributed by atoms with E-state index in [2.05, 4.69) is 19.2 Å². The highest BCUT2D eigenvalue weighted by molar-refractivity contribution is 4.73. The molecule has 0 aliphatic heterocycles. The Kier molecular flexibility index (Phi) is 4.70. The summed E-state index contributed by atoms with van der Waals surface area (Å²) < 4.78 is 5.49. The van der Waals surface area contributed by atoms with Gasteiger partial charge in [0.15, 0.2) is 0 Å². The first-order chi connectivity index (χ1) is 6.22. The molecule has 0 amide bonds. The molecular weight excluding hydrogens is 166 g/mol. The van der Waals surface area contributed by atoms with Gasteiger partial charge in [-0.05, 0) is 18.8 Å². The number of hydrogen-bond acceptors (Lipinski definition) is 3. The molecule has 0 heterocycles. The fraction of sp³-hybridized carbons (Fsp3) is 1.00. The summed E-state index contributed by atoms with van der Waals surface area (Å²) in [6.45, 7) is 5.80. The van der Waals surface area contributed by atoms with Gasteiger partial charge in [0.05, 0.1) is 19.3 Å². The Bertz CT molecular complexity index is 135. The van der Waals surface area contributed by atoms with Gasteiger partial charge < -0.3 is 15.2 Å². The average Bonchev–Trinajstić information content (AvgIpc) is 2.85. The highest BCUT2D eigenvalue weighted by atomic mass is 16.5. The molecule has 78 valence electrons. The van der Waals surface area contributed by atoms with Crippen LogP contribution in [0.15, 0.2) is 0 Å². The Morgan fingerprint density at radius 1 is 1.46 bits per heavy atom. The number of nitrogens with one attached hydrogen (secondary N) is 1. The summed E-state index contributed by atoms with van der Waals surface area (Å²) >= 11 is 0. The molecule has 3 nitrogen and oxygen atoms in total. The zero-order valence-electron chi connectivity index (χ0n) is 8.62. The summed E-state index contributed by atoms with van der Waals surface area (Å²) in [5.41, 5.74) is 0. The maximum Gasteiger partial charge on any atom is 0.0642 e. The zero-order valence-corrected chi connectivity index (χ0v) is 8.62. The molecule has 0 aromatic rings. The fourth-order valence-electron chi connectivity index (χ4n) is 1.29. The Labute approximate surface area is 80.5 Å². The SMILES string of the molecule is CC(C)NC(CO)COCC1CC1. The van der Waals surface area contributed by atoms with Gasteiger partial charge in [0.2, 0.25) is 0 Å². The molecule has 1 atom stereocenters. The summed E-state index contributed by atoms with van der Waals surface area (Å²) in [7, 11) is 0. The standard InChI is InChI=1S/C10H21NO2/c1-8(2)11-10(5-12)7-13-6-9-3-4-9/h8-12H,3-7H2,1-2H3. The second-order valence-electron chi connectivity index (χ2n) is 4.18. The minimum atomic E-state index is 0.0961. The number of aliphatic hydroxyl groups is 1. The summed E-state index contributed by atoms with van der Waals surface area (Å²) in [4.78, 5) is 0. The van der Waals surface area contributed by atoms with Crippen molar-refractivity contribution in [3.63, 3.8) is 0 Å². The van der Waals surface area contributed by atoms with Crippen LogP contribution in [0.25, 0.3) is 0 Å². The number of aliphatic hydroxyl groups excluding tert-OH is 1. The predicted octanol–water partition coefficient (Wildman–Crippen LogP) is 0.772. The third-order valence-electron chi connectivity index (χ3n) is 2.16. The Balaban J connectivity index is 2.00. The molecule has 3 heteroatoms. The topological polar surface area (TPSA) is 41.5 Å². The van der Waals surface area contributed by atoms with Gasteiger partial charge in [0, 0.05) is 12.6 Å². The molecule has 2 N–H and O–H groups in total. The van der Waals surface area contributed by atoms with Crippen LogP contribution in [0.3, 0.4) is 0 Å². The summed E-state index contributed by atoms with van der Waals surface area (Å²) in [6.07, 6.45) is 2.64. The highest BCUT2D eigenvalue weighted by Crippen LogP contribution is 2.28. The van der Waals surface area contributed by atoms with Crippen LogP contribution in [0.2, 0.25) is 0 Å². The molecule has 0 spiro atoms. The van der Waals surface area contributed by atoms with E-state index in [4.69, 9.17) is 9.84 Å². The number of rotatable bonds is 7. The van der Waals surface area contributed by atoms with Crippen molar-refractivity contribution in [2.45, 2.75) is 38.8 Å². The van der Waals surface area contributed by atoms with Gasteiger partial charge in [0.1, 0.15) is 0 Å². The molecule has 1 rings (SSSR count). The van der Waals surface area contributed by atoms with E-state index < -0.39 is 0 Å². The van der Waals surface area contributed by atoms with Gasteiger partial charge in [-0.1, -0.05) is 13.8 Å². The second kappa shape index (κ2) is 5.58. The van der Waals surface area contributed by atoms with E-state index in [9.17, 15) is 0 Å². The lowest BCUT2D eigenvalue weighted by Crippen LogP contribution is -2.41. The molecule has 0 radical (unpaired) electrons. The molecule has 1 unspecified atom stereocenters. The summed E-state index contributed by atoms with van der Waals surface area (Å²) in [5, 5.41) is 12.3. The first-order valence-corrected chi connectivity index (χ1v) is 5.17. The van der Waals surface area contributed by atoms with Crippen molar-refractivity contribution >= 4 is 0 Å². The third kappa shape index (κ3) is 5.24. The second-order valence-corrected chi connectivity index (χ2v) is 4.18. The van der Waals surface area contributed by atoms with Crippen LogP contribution >= 0.6 is 0 Å². The molecule has 0 aromatic heterocycles. The molecule has 0 bridgehead atoms. The minimum absolute atomic E-state index is 0.0961. The molecule has 1 fully saturated rings. The van der Waals surface area contributed by atoms with Gasteiger partial charge in [-0.2, -0.15) is 0 Å². The number of hydrogen-bond donors (Lipinski definition) is 2. The first-order valence-electron chi connectivity index (χ1n) is 5.17. The quantitative estimate of drug-likeness (QED) is 0.618. The fourth-order valence-corrected chi connectivity index (χ4v) is 1.29. The molecule has 1 aliphatic rings. The normalized spacial score (nSPS) is 19.4. The maximum atomic E-state index is 9.01. The van der Waals surface area contributed by atoms with Crippen molar-refractivity contribution in [3.8, 4) is 0 Å². The van der Waals surface area contributed by atoms with E-state index in [1.54, 1.807) is 0 Å². The van der Waals surface area contributed by atoms with Crippen LogP contribution in [-0.2, 0) is 4.74 Å². The van der Waals surface area contributed by atoms with Gasteiger partial charge >= 0.3 is 0 Å². The highest BCUT2D eigenvalue weighted by Gasteiger charge is 2.21. The van der Waals surface area contributed by atoms with Crippen molar-refractivity contribution in [3.05, 3.63) is 0 Å². The third-order valence-corrected chi connectivity index (χ3v) is 2.16. The van der Waals surface area contributed by atoms with Crippen LogP contribution in [0, 0.1) is 5.92 Å². The molecule has 1 aliphatic carbocycles. The van der Waals surface area contributed by atoms with E-state index in [0.717, 1.165) is 12.5 Å². The van der Waals surface area contributed by atoms with Crippen LogP contribution in [0.1, 0.15) is 26.7 Å². The Morgan fingerprint density at radius 3 is 2.62 bits per heavy atom. The van der Waals surface area contributed by atoms with Crippen LogP contribution in [-0.4, -0.2) is 37.0 Å². The smallest absolute Gasteiger partial charge is 0.0642 e. The summed E-state index contributed by atoms with van der Waals surface area (Å²) in [6, 6.07) is 0.500. The average molecular weight is 187 g/mol. The zero-order chi connectivity index (χ0) is 9.68. The van der Waals surface area contributed by atoms with Gasteiger partial charge in [-0.25, -0.2) is 0 Å². The van der Waals surface area contributed by atoms with Crippen molar-refractivity contribution in [2.24, 2.45) is 5.92 Å². The van der Waals surface area contributed by atoms with Gasteiger partial charge in [0.25, 0.3) is 0 Å². The minimum Gasteiger partial charge on any atom is -0.395 e. The Morgan fingerprint density at radius 2 is 2.15 bits per heavy atom. The van der Waals surface area contributed by atoms with Crippen molar-refractivity contribution in [2.75, 3.05) is 19.8 Å². The largest absolute Gasteiger partial charge is 0.395 e. The van der Waals surface area contributed by atoms with E-state index in [1.165, 1.54) is 12.8 Å². The van der Waals surface area contributed by atoms with Crippen molar-refractivity contribution in [1.82, 2.24) is 5.32 Å². The van der Waals surface area contributed by atoms with Crippen LogP contribution in [0.5, 0.6) is 0 Å². The molecule has 0 aromatic carbocycles. The lowest BCUT2D eigenvalue weighted by Gasteiger charge is -2.18. The van der Waals surface area contributed by atoms with E-state index in [-0.39, 0.29) is 12.6 Å². The monoisotopic (exact) mass is 187 g/mol. The van der Waals surface area contributed by atoms with Crippen LogP contribution < -0.4 is 5.32 Å². The van der Waals surface area contributed by atoms with E-state index in [1.807, 2.05) is 0 Å². The lowest BCUT2D eigenvalue weighted by molar-refractivity contribution is 0.0793. The molecule has 1 saturated carbocycles.